The minimum absolute atomic E-state index is 0.189. The van der Waals surface area contributed by atoms with E-state index in [1.54, 1.807) is 17.1 Å². The van der Waals surface area contributed by atoms with Crippen molar-refractivity contribution < 1.29 is 18.0 Å². The fraction of sp³-hybridized carbons (Fsp3) is 0.208. The fourth-order valence-corrected chi connectivity index (χ4v) is 3.90. The van der Waals surface area contributed by atoms with Crippen LogP contribution in [0, 0.1) is 5.82 Å². The molecular weight excluding hydrogens is 495 g/mol. The third-order valence-corrected chi connectivity index (χ3v) is 6.00. The van der Waals surface area contributed by atoms with E-state index in [2.05, 4.69) is 30.3 Å². The lowest BCUT2D eigenvalue weighted by Crippen LogP contribution is -2.37. The van der Waals surface area contributed by atoms with Crippen LogP contribution in [0.1, 0.15) is 34.5 Å². The average molecular weight is 514 g/mol. The number of amides is 1. The van der Waals surface area contributed by atoms with Gasteiger partial charge >= 0.3 is 0 Å². The van der Waals surface area contributed by atoms with Crippen molar-refractivity contribution in [1.29, 1.82) is 0 Å². The van der Waals surface area contributed by atoms with E-state index in [0.717, 1.165) is 49.0 Å². The van der Waals surface area contributed by atoms with Gasteiger partial charge in [0.25, 0.3) is 12.3 Å². The highest BCUT2D eigenvalue weighted by Gasteiger charge is 2.23. The number of carbonyl (C=O) groups is 1. The van der Waals surface area contributed by atoms with Crippen molar-refractivity contribution in [2.24, 2.45) is 0 Å². The van der Waals surface area contributed by atoms with Crippen LogP contribution in [0.3, 0.4) is 0 Å². The average Bonchev–Trinajstić information content (AvgIpc) is 3.27. The molecule has 0 bridgehead atoms. The van der Waals surface area contributed by atoms with Gasteiger partial charge in [-0.05, 0) is 24.1 Å². The maximum absolute atomic E-state index is 14.6. The summed E-state index contributed by atoms with van der Waals surface area (Å²) in [5.74, 6) is -0.777. The van der Waals surface area contributed by atoms with Gasteiger partial charge in [-0.25, -0.2) is 23.1 Å². The summed E-state index contributed by atoms with van der Waals surface area (Å²) in [6.07, 6.45) is 5.33. The van der Waals surface area contributed by atoms with Crippen molar-refractivity contribution in [3.8, 4) is 11.3 Å². The smallest absolute Gasteiger partial charge is 0.275 e. The van der Waals surface area contributed by atoms with E-state index in [1.807, 2.05) is 12.1 Å². The number of nitrogens with one attached hydrogen (secondary N) is 1. The number of aromatic nitrogens is 5. The summed E-state index contributed by atoms with van der Waals surface area (Å²) in [6, 6.07) is 6.00. The normalized spacial score (nSPS) is 13.1. The Morgan fingerprint density at radius 3 is 2.64 bits per heavy atom. The van der Waals surface area contributed by atoms with E-state index in [9.17, 15) is 18.0 Å². The topological polar surface area (TPSA) is 88.8 Å². The highest BCUT2D eigenvalue weighted by atomic mass is 35.5. The number of hydrogen-bond acceptors (Lipinski definition) is 6. The molecule has 8 nitrogen and oxygen atoms in total. The molecule has 12 heteroatoms. The van der Waals surface area contributed by atoms with Gasteiger partial charge < -0.3 is 10.2 Å². The zero-order valence-corrected chi connectivity index (χ0v) is 19.5. The zero-order valence-electron chi connectivity index (χ0n) is 18.7. The quantitative estimate of drug-likeness (QED) is 0.375. The summed E-state index contributed by atoms with van der Waals surface area (Å²) in [5, 5.41) is 6.53. The molecule has 0 aliphatic carbocycles. The minimum Gasteiger partial charge on any atom is -0.356 e. The Morgan fingerprint density at radius 2 is 1.94 bits per heavy atom. The van der Waals surface area contributed by atoms with E-state index in [-0.39, 0.29) is 16.4 Å². The molecular formula is C24H19ClF3N7O. The highest BCUT2D eigenvalue weighted by Crippen LogP contribution is 2.35. The molecule has 3 aromatic heterocycles. The van der Waals surface area contributed by atoms with Crippen LogP contribution >= 0.6 is 11.6 Å². The molecule has 5 rings (SSSR count). The fourth-order valence-electron chi connectivity index (χ4n) is 3.74. The number of hydrogen-bond donors (Lipinski definition) is 1. The standard InChI is InChI=1S/C24H19ClF3N7O/c25-17-4-3-16(23(27)28)21(22(17)26)18-10-29-11-19(33-18)24(36)32-15-9-31-35(13-15)12-14-2-5-20(30-8-14)34-6-1-7-34/h2-5,8-11,13,23H,1,6-7,12H2,(H,32,36). The summed E-state index contributed by atoms with van der Waals surface area (Å²) in [7, 11) is 0. The molecule has 1 amide bonds. The van der Waals surface area contributed by atoms with Crippen LogP contribution in [0.5, 0.6) is 0 Å². The summed E-state index contributed by atoms with van der Waals surface area (Å²) in [5.41, 5.74) is -0.191. The molecule has 0 radical (unpaired) electrons. The third-order valence-electron chi connectivity index (χ3n) is 5.71. The number of alkyl halides is 2. The Kier molecular flexibility index (Phi) is 6.55. The van der Waals surface area contributed by atoms with Crippen molar-refractivity contribution in [2.75, 3.05) is 23.3 Å². The van der Waals surface area contributed by atoms with Gasteiger partial charge in [0.15, 0.2) is 5.82 Å². The van der Waals surface area contributed by atoms with Crippen LogP contribution in [0.2, 0.25) is 5.02 Å². The number of rotatable bonds is 7. The molecule has 1 N–H and O–H groups in total. The maximum atomic E-state index is 14.6. The Hall–Kier alpha value is -3.99. The third kappa shape index (κ3) is 4.87. The number of nitrogens with zero attached hydrogens (tertiary/aromatic N) is 6. The molecule has 1 fully saturated rings. The number of carbonyl (C=O) groups excluding carboxylic acids is 1. The van der Waals surface area contributed by atoms with Crippen molar-refractivity contribution >= 4 is 29.0 Å². The van der Waals surface area contributed by atoms with E-state index < -0.39 is 29.3 Å². The maximum Gasteiger partial charge on any atom is 0.275 e. The van der Waals surface area contributed by atoms with Gasteiger partial charge in [-0.3, -0.25) is 14.5 Å². The van der Waals surface area contributed by atoms with Gasteiger partial charge in [0.2, 0.25) is 0 Å². The zero-order chi connectivity index (χ0) is 25.2. The van der Waals surface area contributed by atoms with Crippen molar-refractivity contribution in [1.82, 2.24) is 24.7 Å². The van der Waals surface area contributed by atoms with Crippen molar-refractivity contribution in [2.45, 2.75) is 19.4 Å². The monoisotopic (exact) mass is 513 g/mol. The van der Waals surface area contributed by atoms with Crippen LogP contribution in [0.4, 0.5) is 24.7 Å². The molecule has 0 unspecified atom stereocenters. The van der Waals surface area contributed by atoms with Gasteiger partial charge in [0.05, 0.1) is 41.5 Å². The predicted octanol–water partition coefficient (Wildman–Crippen LogP) is 4.98. The number of pyridine rings is 1. The van der Waals surface area contributed by atoms with Crippen LogP contribution in [0.25, 0.3) is 11.3 Å². The molecule has 1 saturated heterocycles. The summed E-state index contributed by atoms with van der Waals surface area (Å²) in [6.45, 7) is 2.48. The Labute approximate surface area is 208 Å². The Bertz CT molecular complexity index is 1410. The summed E-state index contributed by atoms with van der Waals surface area (Å²) < 4.78 is 43.1. The number of benzene rings is 1. The van der Waals surface area contributed by atoms with Gasteiger partial charge in [0, 0.05) is 36.6 Å². The number of halogens is 4. The van der Waals surface area contributed by atoms with E-state index in [4.69, 9.17) is 11.6 Å². The minimum atomic E-state index is -2.97. The number of anilines is 2. The van der Waals surface area contributed by atoms with E-state index >= 15 is 0 Å². The van der Waals surface area contributed by atoms with Crippen molar-refractivity contribution in [3.63, 3.8) is 0 Å². The predicted molar refractivity (Wildman–Crippen MR) is 128 cm³/mol. The lowest BCUT2D eigenvalue weighted by molar-refractivity contribution is 0.102. The van der Waals surface area contributed by atoms with Crippen LogP contribution in [-0.2, 0) is 6.54 Å². The van der Waals surface area contributed by atoms with Gasteiger partial charge in [-0.2, -0.15) is 5.10 Å². The second-order valence-electron chi connectivity index (χ2n) is 8.16. The lowest BCUT2D eigenvalue weighted by Gasteiger charge is -2.31. The largest absolute Gasteiger partial charge is 0.356 e. The summed E-state index contributed by atoms with van der Waals surface area (Å²) >= 11 is 5.78. The first-order chi connectivity index (χ1) is 17.4. The first kappa shape index (κ1) is 23.7. The SMILES string of the molecule is O=C(Nc1cnn(Cc2ccc(N3CCC3)nc2)c1)c1cncc(-c2c(C(F)F)ccc(Cl)c2F)n1. The highest BCUT2D eigenvalue weighted by molar-refractivity contribution is 6.31. The van der Waals surface area contributed by atoms with Crippen LogP contribution in [-0.4, -0.2) is 43.7 Å². The van der Waals surface area contributed by atoms with Gasteiger partial charge in [-0.15, -0.1) is 0 Å². The molecule has 1 aromatic carbocycles. The Morgan fingerprint density at radius 1 is 1.11 bits per heavy atom. The molecule has 0 spiro atoms. The molecule has 1 aliphatic rings. The van der Waals surface area contributed by atoms with Crippen LogP contribution in [0.15, 0.2) is 55.2 Å². The molecule has 184 valence electrons. The molecule has 4 aromatic rings. The lowest BCUT2D eigenvalue weighted by atomic mass is 10.0. The van der Waals surface area contributed by atoms with Gasteiger partial charge in [0.1, 0.15) is 11.5 Å². The molecule has 36 heavy (non-hydrogen) atoms. The molecule has 1 aliphatic heterocycles. The first-order valence-electron chi connectivity index (χ1n) is 11.0. The van der Waals surface area contributed by atoms with Gasteiger partial charge in [-0.1, -0.05) is 23.7 Å². The van der Waals surface area contributed by atoms with Crippen LogP contribution < -0.4 is 10.2 Å². The molecule has 0 atom stereocenters. The molecule has 4 heterocycles. The second-order valence-corrected chi connectivity index (χ2v) is 8.57. The first-order valence-corrected chi connectivity index (χ1v) is 11.4. The summed E-state index contributed by atoms with van der Waals surface area (Å²) in [4.78, 5) is 27.3. The van der Waals surface area contributed by atoms with Crippen molar-refractivity contribution in [3.05, 3.63) is 82.9 Å². The van der Waals surface area contributed by atoms with E-state index in [1.165, 1.54) is 12.6 Å². The Balaban J connectivity index is 1.30. The van der Waals surface area contributed by atoms with E-state index in [0.29, 0.717) is 12.2 Å². The molecule has 0 saturated carbocycles. The second kappa shape index (κ2) is 9.94.